The number of rotatable bonds is 5. The predicted octanol–water partition coefficient (Wildman–Crippen LogP) is 3.70. The van der Waals surface area contributed by atoms with E-state index in [4.69, 9.17) is 0 Å². The fourth-order valence-corrected chi connectivity index (χ4v) is 1.78. The molecule has 2 aromatic rings. The molecule has 21 heavy (non-hydrogen) atoms. The normalized spacial score (nSPS) is 10.6. The quantitative estimate of drug-likeness (QED) is 0.671. The van der Waals surface area contributed by atoms with E-state index in [9.17, 15) is 9.18 Å². The topological polar surface area (TPSA) is 32.3 Å². The van der Waals surface area contributed by atoms with Crippen molar-refractivity contribution in [3.05, 3.63) is 72.2 Å². The number of ketones is 1. The Hall–Kier alpha value is -2.62. The van der Waals surface area contributed by atoms with Gasteiger partial charge in [-0.25, -0.2) is 4.39 Å². The number of nitrogens with zero attached hydrogens (tertiary/aromatic N) is 1. The molecule has 0 aliphatic heterocycles. The third-order valence-electron chi connectivity index (χ3n) is 3.00. The summed E-state index contributed by atoms with van der Waals surface area (Å²) in [4.78, 5) is 13.8. The Kier molecular flexibility index (Phi) is 4.72. The highest BCUT2D eigenvalue weighted by atomic mass is 19.1. The highest BCUT2D eigenvalue weighted by Gasteiger charge is 2.01. The molecule has 0 saturated carbocycles. The Morgan fingerprint density at radius 2 is 1.67 bits per heavy atom. The summed E-state index contributed by atoms with van der Waals surface area (Å²) in [5.41, 5.74) is 2.45. The van der Waals surface area contributed by atoms with E-state index in [0.717, 1.165) is 11.4 Å². The lowest BCUT2D eigenvalue weighted by atomic mass is 10.1. The van der Waals surface area contributed by atoms with Crippen LogP contribution in [0.5, 0.6) is 0 Å². The van der Waals surface area contributed by atoms with Crippen molar-refractivity contribution in [3.8, 4) is 0 Å². The zero-order valence-electron chi connectivity index (χ0n) is 12.0. The largest absolute Gasteiger partial charge is 0.378 e. The van der Waals surface area contributed by atoms with Crippen LogP contribution >= 0.6 is 0 Å². The second kappa shape index (κ2) is 6.70. The van der Waals surface area contributed by atoms with E-state index < -0.39 is 0 Å². The minimum absolute atomic E-state index is 0.174. The van der Waals surface area contributed by atoms with Crippen LogP contribution in [-0.4, -0.2) is 19.9 Å². The number of hydrogen-bond donors (Lipinski definition) is 1. The number of nitrogens with one attached hydrogen (secondary N) is 1. The molecule has 0 spiro atoms. The van der Waals surface area contributed by atoms with Crippen molar-refractivity contribution in [3.63, 3.8) is 0 Å². The molecule has 108 valence electrons. The summed E-state index contributed by atoms with van der Waals surface area (Å²) in [5, 5.41) is 3.03. The van der Waals surface area contributed by atoms with Crippen LogP contribution in [0.4, 0.5) is 15.8 Å². The predicted molar refractivity (Wildman–Crippen MR) is 84.3 cm³/mol. The second-order valence-electron chi connectivity index (χ2n) is 4.79. The number of benzene rings is 2. The first kappa shape index (κ1) is 14.8. The molecule has 1 N–H and O–H groups in total. The monoisotopic (exact) mass is 284 g/mol. The van der Waals surface area contributed by atoms with E-state index in [1.54, 1.807) is 6.20 Å². The zero-order valence-corrected chi connectivity index (χ0v) is 12.0. The van der Waals surface area contributed by atoms with Crippen LogP contribution in [0.2, 0.25) is 0 Å². The minimum atomic E-state index is -0.352. The molecular formula is C17H17FN2O. The smallest absolute Gasteiger partial charge is 0.187 e. The number of hydrogen-bond acceptors (Lipinski definition) is 3. The van der Waals surface area contributed by atoms with Gasteiger partial charge >= 0.3 is 0 Å². The summed E-state index contributed by atoms with van der Waals surface area (Å²) in [6.45, 7) is 0. The summed E-state index contributed by atoms with van der Waals surface area (Å²) < 4.78 is 12.8. The molecule has 2 aromatic carbocycles. The van der Waals surface area contributed by atoms with Crippen LogP contribution < -0.4 is 10.2 Å². The Bertz CT molecular complexity index is 631. The van der Waals surface area contributed by atoms with Gasteiger partial charge in [0.25, 0.3) is 0 Å². The third-order valence-corrected chi connectivity index (χ3v) is 3.00. The molecule has 0 aliphatic carbocycles. The Morgan fingerprint density at radius 1 is 1.05 bits per heavy atom. The minimum Gasteiger partial charge on any atom is -0.378 e. The van der Waals surface area contributed by atoms with E-state index in [-0.39, 0.29) is 11.6 Å². The molecule has 0 unspecified atom stereocenters. The van der Waals surface area contributed by atoms with E-state index in [2.05, 4.69) is 5.32 Å². The maximum atomic E-state index is 12.8. The standard InChI is InChI=1S/C17H17FN2O/c1-20(2)16-9-7-15(8-10-16)19-12-11-17(21)13-3-5-14(18)6-4-13/h3-12,19H,1-2H3. The molecule has 0 amide bonds. The average molecular weight is 284 g/mol. The molecule has 3 nitrogen and oxygen atoms in total. The van der Waals surface area contributed by atoms with Crippen molar-refractivity contribution in [1.29, 1.82) is 0 Å². The van der Waals surface area contributed by atoms with Gasteiger partial charge in [-0.2, -0.15) is 0 Å². The highest BCUT2D eigenvalue weighted by Crippen LogP contribution is 2.15. The molecular weight excluding hydrogens is 267 g/mol. The number of anilines is 2. The fourth-order valence-electron chi connectivity index (χ4n) is 1.78. The lowest BCUT2D eigenvalue weighted by Crippen LogP contribution is -2.08. The van der Waals surface area contributed by atoms with Crippen LogP contribution in [0.3, 0.4) is 0 Å². The first-order valence-electron chi connectivity index (χ1n) is 6.56. The molecule has 0 atom stereocenters. The average Bonchev–Trinajstić information content (AvgIpc) is 2.48. The molecule has 0 saturated heterocycles. The Labute approximate surface area is 123 Å². The van der Waals surface area contributed by atoms with Crippen molar-refractivity contribution in [2.24, 2.45) is 0 Å². The van der Waals surface area contributed by atoms with E-state index >= 15 is 0 Å². The summed E-state index contributed by atoms with van der Waals surface area (Å²) >= 11 is 0. The first-order valence-corrected chi connectivity index (χ1v) is 6.56. The summed E-state index contributed by atoms with van der Waals surface area (Å²) in [5.74, 6) is -0.526. The van der Waals surface area contributed by atoms with Gasteiger partial charge in [0, 0.05) is 43.3 Å². The van der Waals surface area contributed by atoms with E-state index in [1.165, 1.54) is 30.3 Å². The van der Waals surface area contributed by atoms with Gasteiger partial charge < -0.3 is 10.2 Å². The van der Waals surface area contributed by atoms with Gasteiger partial charge in [0.2, 0.25) is 0 Å². The van der Waals surface area contributed by atoms with Crippen LogP contribution in [0.25, 0.3) is 0 Å². The van der Waals surface area contributed by atoms with Crippen molar-refractivity contribution in [2.45, 2.75) is 0 Å². The van der Waals surface area contributed by atoms with E-state index in [0.29, 0.717) is 5.56 Å². The number of allylic oxidation sites excluding steroid dienone is 1. The fraction of sp³-hybridized carbons (Fsp3) is 0.118. The maximum absolute atomic E-state index is 12.8. The van der Waals surface area contributed by atoms with Crippen LogP contribution in [0.1, 0.15) is 10.4 Å². The number of carbonyl (C=O) groups is 1. The van der Waals surface area contributed by atoms with Crippen molar-refractivity contribution in [1.82, 2.24) is 0 Å². The maximum Gasteiger partial charge on any atom is 0.187 e. The van der Waals surface area contributed by atoms with Gasteiger partial charge in [0.05, 0.1) is 0 Å². The molecule has 0 radical (unpaired) electrons. The summed E-state index contributed by atoms with van der Waals surface area (Å²) in [7, 11) is 3.95. The van der Waals surface area contributed by atoms with Crippen LogP contribution in [-0.2, 0) is 0 Å². The lowest BCUT2D eigenvalue weighted by molar-refractivity contribution is 0.104. The SMILES string of the molecule is CN(C)c1ccc(NC=CC(=O)c2ccc(F)cc2)cc1. The van der Waals surface area contributed by atoms with Crippen molar-refractivity contribution >= 4 is 17.2 Å². The molecule has 0 aliphatic rings. The molecule has 0 bridgehead atoms. The molecule has 4 heteroatoms. The first-order chi connectivity index (χ1) is 10.1. The van der Waals surface area contributed by atoms with Crippen molar-refractivity contribution < 1.29 is 9.18 Å². The summed E-state index contributed by atoms with van der Waals surface area (Å²) in [6.07, 6.45) is 3.00. The lowest BCUT2D eigenvalue weighted by Gasteiger charge is -2.12. The van der Waals surface area contributed by atoms with Gasteiger partial charge in [0.1, 0.15) is 5.82 Å². The Morgan fingerprint density at radius 3 is 2.24 bits per heavy atom. The zero-order chi connectivity index (χ0) is 15.2. The second-order valence-corrected chi connectivity index (χ2v) is 4.79. The molecule has 0 fully saturated rings. The van der Waals surface area contributed by atoms with Gasteiger partial charge in [0.15, 0.2) is 5.78 Å². The van der Waals surface area contributed by atoms with E-state index in [1.807, 2.05) is 43.3 Å². The molecule has 0 aromatic heterocycles. The van der Waals surface area contributed by atoms with Gasteiger partial charge in [-0.15, -0.1) is 0 Å². The van der Waals surface area contributed by atoms with Crippen LogP contribution in [0, 0.1) is 5.82 Å². The summed E-state index contributed by atoms with van der Waals surface area (Å²) in [6, 6.07) is 13.3. The number of halogens is 1. The number of carbonyl (C=O) groups excluding carboxylic acids is 1. The third kappa shape index (κ3) is 4.18. The van der Waals surface area contributed by atoms with Gasteiger partial charge in [-0.1, -0.05) is 0 Å². The molecule has 2 rings (SSSR count). The van der Waals surface area contributed by atoms with Gasteiger partial charge in [-0.05, 0) is 48.5 Å². The van der Waals surface area contributed by atoms with Crippen molar-refractivity contribution in [2.75, 3.05) is 24.3 Å². The molecule has 0 heterocycles. The van der Waals surface area contributed by atoms with Gasteiger partial charge in [-0.3, -0.25) is 4.79 Å². The van der Waals surface area contributed by atoms with Crippen LogP contribution in [0.15, 0.2) is 60.8 Å². The highest BCUT2D eigenvalue weighted by molar-refractivity contribution is 6.04. The Balaban J connectivity index is 1.95.